The molecule has 1 fully saturated rings. The minimum Gasteiger partial charge on any atom is -0.409 e. The van der Waals surface area contributed by atoms with Crippen LogP contribution in [0.5, 0.6) is 0 Å². The van der Waals surface area contributed by atoms with Crippen molar-refractivity contribution >= 4 is 23.1 Å². The zero-order chi connectivity index (χ0) is 14.0. The predicted octanol–water partition coefficient (Wildman–Crippen LogP) is 1.36. The molecule has 1 amide bonds. The molecule has 2 rings (SSSR count). The van der Waals surface area contributed by atoms with Crippen molar-refractivity contribution in [2.45, 2.75) is 26.7 Å². The standard InChI is InChI=1S/C12H18N4O2S/c1-7-10(19-8(2)14-7)12(17)16-5-3-4-9(6-16)11(13)15-18/h9,18H,3-6H2,1-2H3,(H2,13,15). The highest BCUT2D eigenvalue weighted by atomic mass is 32.1. The molecular formula is C12H18N4O2S. The third kappa shape index (κ3) is 2.86. The topological polar surface area (TPSA) is 91.8 Å². The largest absolute Gasteiger partial charge is 0.409 e. The second-order valence-electron chi connectivity index (χ2n) is 4.76. The van der Waals surface area contributed by atoms with Gasteiger partial charge in [0.15, 0.2) is 0 Å². The molecule has 0 bridgehead atoms. The molecule has 0 saturated carbocycles. The predicted molar refractivity (Wildman–Crippen MR) is 73.6 cm³/mol. The Morgan fingerprint density at radius 3 is 2.89 bits per heavy atom. The lowest BCUT2D eigenvalue weighted by molar-refractivity contribution is 0.0705. The zero-order valence-corrected chi connectivity index (χ0v) is 11.9. The quantitative estimate of drug-likeness (QED) is 0.371. The van der Waals surface area contributed by atoms with Gasteiger partial charge in [0.1, 0.15) is 10.7 Å². The Morgan fingerprint density at radius 1 is 1.58 bits per heavy atom. The normalized spacial score (nSPS) is 20.6. The first kappa shape index (κ1) is 13.8. The van der Waals surface area contributed by atoms with Crippen LogP contribution >= 0.6 is 11.3 Å². The van der Waals surface area contributed by atoms with Crippen molar-refractivity contribution < 1.29 is 10.0 Å². The first-order valence-electron chi connectivity index (χ1n) is 6.23. The summed E-state index contributed by atoms with van der Waals surface area (Å²) in [6.45, 7) is 4.96. The maximum atomic E-state index is 12.4. The Hall–Kier alpha value is -1.63. The van der Waals surface area contributed by atoms with Gasteiger partial charge < -0.3 is 15.8 Å². The lowest BCUT2D eigenvalue weighted by Crippen LogP contribution is -2.44. The summed E-state index contributed by atoms with van der Waals surface area (Å²) in [4.78, 5) is 19.2. The van der Waals surface area contributed by atoms with Crippen molar-refractivity contribution in [1.82, 2.24) is 9.88 Å². The van der Waals surface area contributed by atoms with Gasteiger partial charge in [-0.3, -0.25) is 4.79 Å². The van der Waals surface area contributed by atoms with Gasteiger partial charge in [-0.2, -0.15) is 0 Å². The van der Waals surface area contributed by atoms with E-state index < -0.39 is 0 Å². The van der Waals surface area contributed by atoms with Crippen LogP contribution < -0.4 is 5.73 Å². The number of nitrogens with zero attached hydrogens (tertiary/aromatic N) is 3. The van der Waals surface area contributed by atoms with Crippen LogP contribution in [-0.2, 0) is 0 Å². The molecule has 1 aliphatic rings. The summed E-state index contributed by atoms with van der Waals surface area (Å²) < 4.78 is 0. The van der Waals surface area contributed by atoms with E-state index in [4.69, 9.17) is 10.9 Å². The number of carbonyl (C=O) groups excluding carboxylic acids is 1. The number of rotatable bonds is 2. The number of carbonyl (C=O) groups is 1. The van der Waals surface area contributed by atoms with E-state index in [2.05, 4.69) is 10.1 Å². The number of hydrogen-bond acceptors (Lipinski definition) is 5. The smallest absolute Gasteiger partial charge is 0.265 e. The summed E-state index contributed by atoms with van der Waals surface area (Å²) >= 11 is 1.42. The van der Waals surface area contributed by atoms with E-state index in [-0.39, 0.29) is 17.7 Å². The van der Waals surface area contributed by atoms with Gasteiger partial charge in [-0.25, -0.2) is 4.98 Å². The second-order valence-corrected chi connectivity index (χ2v) is 5.97. The van der Waals surface area contributed by atoms with E-state index in [0.717, 1.165) is 23.5 Å². The first-order valence-corrected chi connectivity index (χ1v) is 7.05. The van der Waals surface area contributed by atoms with Crippen molar-refractivity contribution in [3.63, 3.8) is 0 Å². The fraction of sp³-hybridized carbons (Fsp3) is 0.583. The monoisotopic (exact) mass is 282 g/mol. The molecule has 0 aliphatic carbocycles. The van der Waals surface area contributed by atoms with E-state index in [0.29, 0.717) is 18.0 Å². The van der Waals surface area contributed by atoms with Crippen molar-refractivity contribution in [2.75, 3.05) is 13.1 Å². The molecule has 19 heavy (non-hydrogen) atoms. The van der Waals surface area contributed by atoms with Crippen LogP contribution in [0.1, 0.15) is 33.2 Å². The molecule has 7 heteroatoms. The highest BCUT2D eigenvalue weighted by Crippen LogP contribution is 2.23. The number of likely N-dealkylation sites (tertiary alicyclic amines) is 1. The van der Waals surface area contributed by atoms with Gasteiger partial charge in [0, 0.05) is 19.0 Å². The number of piperidine rings is 1. The Labute approximate surface area is 115 Å². The number of amides is 1. The zero-order valence-electron chi connectivity index (χ0n) is 11.1. The van der Waals surface area contributed by atoms with E-state index in [1.165, 1.54) is 11.3 Å². The van der Waals surface area contributed by atoms with Gasteiger partial charge in [0.05, 0.1) is 10.7 Å². The fourth-order valence-electron chi connectivity index (χ4n) is 2.36. The molecule has 1 unspecified atom stereocenters. The number of nitrogens with two attached hydrogens (primary N) is 1. The lowest BCUT2D eigenvalue weighted by Gasteiger charge is -2.31. The average molecular weight is 282 g/mol. The summed E-state index contributed by atoms with van der Waals surface area (Å²) in [6.07, 6.45) is 1.71. The van der Waals surface area contributed by atoms with Crippen LogP contribution in [0.25, 0.3) is 0 Å². The van der Waals surface area contributed by atoms with Crippen molar-refractivity contribution in [3.05, 3.63) is 15.6 Å². The Kier molecular flexibility index (Phi) is 4.04. The third-order valence-corrected chi connectivity index (χ3v) is 4.40. The Balaban J connectivity index is 2.13. The Bertz CT molecular complexity index is 512. The fourth-order valence-corrected chi connectivity index (χ4v) is 3.25. The molecule has 1 saturated heterocycles. The maximum absolute atomic E-state index is 12.4. The van der Waals surface area contributed by atoms with Crippen LogP contribution in [0, 0.1) is 19.8 Å². The third-order valence-electron chi connectivity index (χ3n) is 3.34. The van der Waals surface area contributed by atoms with Gasteiger partial charge in [0.2, 0.25) is 0 Å². The number of thiazole rings is 1. The molecule has 104 valence electrons. The lowest BCUT2D eigenvalue weighted by atomic mass is 9.97. The first-order chi connectivity index (χ1) is 9.02. The summed E-state index contributed by atoms with van der Waals surface area (Å²) in [5, 5.41) is 12.7. The van der Waals surface area contributed by atoms with Crippen molar-refractivity contribution in [2.24, 2.45) is 16.8 Å². The summed E-state index contributed by atoms with van der Waals surface area (Å²) in [5.41, 5.74) is 6.41. The highest BCUT2D eigenvalue weighted by molar-refractivity contribution is 7.13. The second kappa shape index (κ2) is 5.56. The molecule has 1 atom stereocenters. The molecule has 0 spiro atoms. The average Bonchev–Trinajstić information content (AvgIpc) is 2.76. The molecule has 2 heterocycles. The molecular weight excluding hydrogens is 264 g/mol. The summed E-state index contributed by atoms with van der Waals surface area (Å²) in [5.74, 6) is 0.144. The molecule has 1 aliphatic heterocycles. The molecule has 6 nitrogen and oxygen atoms in total. The molecule has 0 radical (unpaired) electrons. The van der Waals surface area contributed by atoms with Gasteiger partial charge in [0.25, 0.3) is 5.91 Å². The Morgan fingerprint density at radius 2 is 2.32 bits per heavy atom. The van der Waals surface area contributed by atoms with E-state index >= 15 is 0 Å². The van der Waals surface area contributed by atoms with Gasteiger partial charge >= 0.3 is 0 Å². The number of amidine groups is 1. The maximum Gasteiger partial charge on any atom is 0.265 e. The van der Waals surface area contributed by atoms with E-state index in [1.807, 2.05) is 13.8 Å². The summed E-state index contributed by atoms with van der Waals surface area (Å²) in [6, 6.07) is 0. The molecule has 3 N–H and O–H groups in total. The van der Waals surface area contributed by atoms with Crippen LogP contribution in [-0.4, -0.2) is 39.9 Å². The van der Waals surface area contributed by atoms with Gasteiger partial charge in [-0.1, -0.05) is 5.16 Å². The van der Waals surface area contributed by atoms with Crippen molar-refractivity contribution in [1.29, 1.82) is 0 Å². The molecule has 1 aromatic rings. The number of aryl methyl sites for hydroxylation is 2. The van der Waals surface area contributed by atoms with E-state index in [1.54, 1.807) is 4.90 Å². The molecule has 0 aromatic carbocycles. The van der Waals surface area contributed by atoms with Crippen LogP contribution in [0.2, 0.25) is 0 Å². The molecule has 1 aromatic heterocycles. The van der Waals surface area contributed by atoms with Crippen molar-refractivity contribution in [3.8, 4) is 0 Å². The highest BCUT2D eigenvalue weighted by Gasteiger charge is 2.28. The van der Waals surface area contributed by atoms with Gasteiger partial charge in [-0.05, 0) is 26.7 Å². The van der Waals surface area contributed by atoms with Crippen LogP contribution in [0.15, 0.2) is 5.16 Å². The van der Waals surface area contributed by atoms with Gasteiger partial charge in [-0.15, -0.1) is 11.3 Å². The summed E-state index contributed by atoms with van der Waals surface area (Å²) in [7, 11) is 0. The number of oxime groups is 1. The number of aromatic nitrogens is 1. The minimum absolute atomic E-state index is 0.00135. The minimum atomic E-state index is -0.0583. The van der Waals surface area contributed by atoms with Crippen LogP contribution in [0.4, 0.5) is 0 Å². The van der Waals surface area contributed by atoms with Crippen LogP contribution in [0.3, 0.4) is 0 Å². The number of hydrogen-bond donors (Lipinski definition) is 2. The van der Waals surface area contributed by atoms with E-state index in [9.17, 15) is 4.79 Å². The SMILES string of the molecule is Cc1nc(C)c(C(=O)N2CCCC(C(N)=NO)C2)s1.